The fourth-order valence-corrected chi connectivity index (χ4v) is 1.65. The molecule has 1 heterocycles. The Labute approximate surface area is 139 Å². The van der Waals surface area contributed by atoms with Gasteiger partial charge in [-0.2, -0.15) is 0 Å². The molecule has 0 atom stereocenters. The number of alkyl halides is 7. The molecule has 102 valence electrons. The lowest BCUT2D eigenvalue weighted by molar-refractivity contribution is 0.751. The molecule has 0 unspecified atom stereocenters. The van der Waals surface area contributed by atoms with Gasteiger partial charge in [0.2, 0.25) is 7.59 Å². The van der Waals surface area contributed by atoms with Crippen molar-refractivity contribution in [3.05, 3.63) is 17.5 Å². The van der Waals surface area contributed by atoms with Gasteiger partial charge in [-0.05, 0) is 6.42 Å². The molecule has 0 fully saturated rings. The van der Waals surface area contributed by atoms with Gasteiger partial charge in [-0.1, -0.05) is 69.6 Å². The highest BCUT2D eigenvalue weighted by atomic mass is 35.6. The maximum atomic E-state index is 5.71. The van der Waals surface area contributed by atoms with E-state index in [1.165, 1.54) is 0 Å². The van der Waals surface area contributed by atoms with Gasteiger partial charge in [-0.3, -0.25) is 0 Å². The van der Waals surface area contributed by atoms with Gasteiger partial charge in [-0.25, -0.2) is 15.0 Å². The van der Waals surface area contributed by atoms with E-state index in [0.717, 1.165) is 0 Å². The van der Waals surface area contributed by atoms with Gasteiger partial charge in [0, 0.05) is 12.3 Å². The number of aryl methyl sites for hydroxylation is 1. The maximum Gasteiger partial charge on any atom is 0.250 e. The molecule has 0 aliphatic heterocycles. The van der Waals surface area contributed by atoms with E-state index >= 15 is 0 Å². The van der Waals surface area contributed by atoms with E-state index in [2.05, 4.69) is 15.0 Å². The van der Waals surface area contributed by atoms with Crippen molar-refractivity contribution < 1.29 is 0 Å². The number of aromatic nitrogens is 3. The van der Waals surface area contributed by atoms with Crippen molar-refractivity contribution in [2.75, 3.05) is 5.88 Å². The Bertz CT molecular complexity index is 380. The minimum Gasteiger partial charge on any atom is -0.213 e. The fraction of sp³-hybridized carbons (Fsp3) is 0.625. The Morgan fingerprint density at radius 3 is 1.56 bits per heavy atom. The first-order valence-corrected chi connectivity index (χ1v) is 7.40. The summed E-state index contributed by atoms with van der Waals surface area (Å²) in [6.45, 7) is 0. The number of hydrogen-bond donors (Lipinski definition) is 0. The molecule has 0 spiro atoms. The van der Waals surface area contributed by atoms with Crippen LogP contribution in [-0.2, 0) is 14.0 Å². The van der Waals surface area contributed by atoms with Gasteiger partial charge in [0.15, 0.2) is 11.6 Å². The molecule has 0 aromatic carbocycles. The first-order valence-electron chi connectivity index (χ1n) is 4.60. The van der Waals surface area contributed by atoms with Crippen LogP contribution in [-0.4, -0.2) is 20.8 Å². The van der Waals surface area contributed by atoms with Crippen molar-refractivity contribution in [3.8, 4) is 0 Å². The minimum atomic E-state index is -1.82. The Balaban J connectivity index is 3.21. The summed E-state index contributed by atoms with van der Waals surface area (Å²) < 4.78 is -3.63. The monoisotopic (exact) mass is 389 g/mol. The third kappa shape index (κ3) is 5.20. The average Bonchev–Trinajstić information content (AvgIpc) is 2.23. The van der Waals surface area contributed by atoms with Gasteiger partial charge in [-0.15, -0.1) is 11.6 Å². The molecule has 0 amide bonds. The van der Waals surface area contributed by atoms with Gasteiger partial charge in [0.05, 0.1) is 0 Å². The second kappa shape index (κ2) is 6.66. The lowest BCUT2D eigenvalue weighted by atomic mass is 10.3. The fourth-order valence-electron chi connectivity index (χ4n) is 1.01. The molecule has 0 aliphatic carbocycles. The zero-order valence-electron chi connectivity index (χ0n) is 8.61. The van der Waals surface area contributed by atoms with Crippen LogP contribution in [0.1, 0.15) is 23.9 Å². The Hall–Kier alpha value is 1.04. The average molecular weight is 392 g/mol. The summed E-state index contributed by atoms with van der Waals surface area (Å²) in [4.78, 5) is 11.8. The molecule has 1 aromatic heterocycles. The highest BCUT2D eigenvalue weighted by Crippen LogP contribution is 2.39. The van der Waals surface area contributed by atoms with Gasteiger partial charge in [0.1, 0.15) is 5.82 Å². The number of nitrogens with zero attached hydrogens (tertiary/aromatic N) is 3. The number of hydrogen-bond acceptors (Lipinski definition) is 3. The van der Waals surface area contributed by atoms with Crippen molar-refractivity contribution in [1.82, 2.24) is 15.0 Å². The van der Waals surface area contributed by atoms with E-state index in [1.807, 2.05) is 0 Å². The van der Waals surface area contributed by atoms with Crippen molar-refractivity contribution in [2.45, 2.75) is 20.4 Å². The van der Waals surface area contributed by atoms with Crippen LogP contribution >= 0.6 is 81.2 Å². The molecule has 0 aliphatic rings. The van der Waals surface area contributed by atoms with Crippen molar-refractivity contribution in [3.63, 3.8) is 0 Å². The largest absolute Gasteiger partial charge is 0.250 e. The van der Waals surface area contributed by atoms with E-state index in [9.17, 15) is 0 Å². The van der Waals surface area contributed by atoms with Gasteiger partial charge >= 0.3 is 0 Å². The van der Waals surface area contributed by atoms with Gasteiger partial charge < -0.3 is 0 Å². The highest BCUT2D eigenvalue weighted by Gasteiger charge is 2.33. The molecule has 0 N–H and O–H groups in total. The lowest BCUT2D eigenvalue weighted by Gasteiger charge is -2.15. The summed E-state index contributed by atoms with van der Waals surface area (Å²) >= 11 is 39.8. The van der Waals surface area contributed by atoms with Crippen molar-refractivity contribution in [1.29, 1.82) is 0 Å². The second-order valence-corrected chi connectivity index (χ2v) is 8.13. The molecule has 0 saturated carbocycles. The molecule has 1 rings (SSSR count). The predicted molar refractivity (Wildman–Crippen MR) is 77.3 cm³/mol. The van der Waals surface area contributed by atoms with Crippen LogP contribution in [0.25, 0.3) is 0 Å². The molecule has 18 heavy (non-hydrogen) atoms. The second-order valence-electron chi connectivity index (χ2n) is 3.19. The summed E-state index contributed by atoms with van der Waals surface area (Å²) in [5, 5.41) is 0. The third-order valence-electron chi connectivity index (χ3n) is 1.72. The van der Waals surface area contributed by atoms with Crippen LogP contribution in [0.15, 0.2) is 0 Å². The molecule has 1 aromatic rings. The van der Waals surface area contributed by atoms with Crippen molar-refractivity contribution in [2.24, 2.45) is 0 Å². The molecule has 10 heteroatoms. The van der Waals surface area contributed by atoms with Crippen molar-refractivity contribution >= 4 is 81.2 Å². The summed E-state index contributed by atoms with van der Waals surface area (Å²) in [5.41, 5.74) is 0. The van der Waals surface area contributed by atoms with Crippen LogP contribution in [0.2, 0.25) is 0 Å². The topological polar surface area (TPSA) is 38.7 Å². The van der Waals surface area contributed by atoms with Crippen LogP contribution in [0, 0.1) is 0 Å². The van der Waals surface area contributed by atoms with E-state index in [4.69, 9.17) is 81.2 Å². The van der Waals surface area contributed by atoms with Gasteiger partial charge in [0.25, 0.3) is 0 Å². The minimum absolute atomic E-state index is 0.0894. The number of rotatable bonds is 3. The maximum absolute atomic E-state index is 5.71. The third-order valence-corrected chi connectivity index (χ3v) is 3.00. The quantitative estimate of drug-likeness (QED) is 0.701. The summed E-state index contributed by atoms with van der Waals surface area (Å²) in [6.07, 6.45) is 1.11. The standard InChI is InChI=1S/C8H6Cl7N3/c9-3-1-2-4-16-5(7(10,11)12)18-6(17-4)8(13,14)15/h1-3H2. The SMILES string of the molecule is ClCCCc1nc(C(Cl)(Cl)Cl)nc(C(Cl)(Cl)Cl)n1. The first-order chi connectivity index (χ1) is 8.14. The van der Waals surface area contributed by atoms with E-state index in [1.54, 1.807) is 0 Å². The van der Waals surface area contributed by atoms with Crippen LogP contribution in [0.3, 0.4) is 0 Å². The summed E-state index contributed by atoms with van der Waals surface area (Å²) in [5.74, 6) is 0.618. The highest BCUT2D eigenvalue weighted by molar-refractivity contribution is 6.67. The Morgan fingerprint density at radius 2 is 1.22 bits per heavy atom. The Morgan fingerprint density at radius 1 is 0.778 bits per heavy atom. The molecule has 0 saturated heterocycles. The summed E-state index contributed by atoms with van der Waals surface area (Å²) in [6, 6.07) is 0. The number of halogens is 7. The molecular weight excluding hydrogens is 386 g/mol. The van der Waals surface area contributed by atoms with Crippen LogP contribution < -0.4 is 0 Å². The first kappa shape index (κ1) is 17.1. The molecule has 0 radical (unpaired) electrons. The zero-order valence-corrected chi connectivity index (χ0v) is 13.9. The predicted octanol–water partition coefficient (Wildman–Crippen LogP) is 4.70. The van der Waals surface area contributed by atoms with E-state index < -0.39 is 7.59 Å². The molecule has 0 bridgehead atoms. The summed E-state index contributed by atoms with van der Waals surface area (Å²) in [7, 11) is 0. The zero-order chi connectivity index (χ0) is 14.0. The van der Waals surface area contributed by atoms with Crippen LogP contribution in [0.4, 0.5) is 0 Å². The van der Waals surface area contributed by atoms with E-state index in [0.29, 0.717) is 24.5 Å². The normalized spacial score (nSPS) is 12.8. The van der Waals surface area contributed by atoms with E-state index in [-0.39, 0.29) is 11.6 Å². The Kier molecular flexibility index (Phi) is 6.33. The van der Waals surface area contributed by atoms with Crippen LogP contribution in [0.5, 0.6) is 0 Å². The smallest absolute Gasteiger partial charge is 0.213 e. The lowest BCUT2D eigenvalue weighted by Crippen LogP contribution is -2.18. The molecular formula is C8H6Cl7N3. The molecule has 3 nitrogen and oxygen atoms in total.